The Morgan fingerprint density at radius 3 is 2.81 bits per heavy atom. The molecule has 0 saturated carbocycles. The lowest BCUT2D eigenvalue weighted by molar-refractivity contribution is 0.278. The molecule has 0 bridgehead atoms. The van der Waals surface area contributed by atoms with Crippen LogP contribution >= 0.6 is 11.6 Å². The molecule has 0 unspecified atom stereocenters. The molecule has 3 heterocycles. The fourth-order valence-electron chi connectivity index (χ4n) is 2.95. The van der Waals surface area contributed by atoms with Crippen molar-refractivity contribution in [3.05, 3.63) is 65.7 Å². The van der Waals surface area contributed by atoms with E-state index in [-0.39, 0.29) is 11.6 Å². The molecule has 0 radical (unpaired) electrons. The maximum atomic E-state index is 13.8. The number of aromatic nitrogens is 5. The summed E-state index contributed by atoms with van der Waals surface area (Å²) in [4.78, 5) is 12.9. The lowest BCUT2D eigenvalue weighted by Gasteiger charge is -2.09. The van der Waals surface area contributed by atoms with Crippen LogP contribution in [0.3, 0.4) is 0 Å². The first kappa shape index (κ1) is 16.7. The minimum absolute atomic E-state index is 0.0233. The number of hydrogen-bond acceptors (Lipinski definition) is 4. The highest BCUT2D eigenvalue weighted by Gasteiger charge is 2.15. The maximum absolute atomic E-state index is 13.8. The molecule has 0 amide bonds. The van der Waals surface area contributed by atoms with E-state index in [1.165, 1.54) is 12.1 Å². The van der Waals surface area contributed by atoms with Crippen LogP contribution in [0, 0.1) is 5.82 Å². The lowest BCUT2D eigenvalue weighted by atomic mass is 10.2. The second kappa shape index (κ2) is 6.86. The summed E-state index contributed by atoms with van der Waals surface area (Å²) < 4.78 is 17.6. The molecule has 1 aromatic carbocycles. The Morgan fingerprint density at radius 1 is 1.15 bits per heavy atom. The van der Waals surface area contributed by atoms with Gasteiger partial charge in [0.25, 0.3) is 0 Å². The van der Waals surface area contributed by atoms with Gasteiger partial charge in [0.15, 0.2) is 0 Å². The number of nitrogens with zero attached hydrogens (tertiary/aromatic N) is 5. The van der Waals surface area contributed by atoms with Crippen molar-refractivity contribution >= 4 is 22.6 Å². The van der Waals surface area contributed by atoms with Gasteiger partial charge in [-0.3, -0.25) is 4.98 Å². The van der Waals surface area contributed by atoms with Gasteiger partial charge in [-0.15, -0.1) is 0 Å². The molecular formula is C18H15ClFN5O. The quantitative estimate of drug-likeness (QED) is 0.585. The van der Waals surface area contributed by atoms with E-state index in [4.69, 9.17) is 11.6 Å². The number of rotatable bonds is 5. The van der Waals surface area contributed by atoms with Crippen LogP contribution in [0.1, 0.15) is 5.56 Å². The van der Waals surface area contributed by atoms with Gasteiger partial charge in [0.1, 0.15) is 11.6 Å². The third-order valence-corrected chi connectivity index (χ3v) is 4.38. The third-order valence-electron chi connectivity index (χ3n) is 4.09. The predicted molar refractivity (Wildman–Crippen MR) is 96.3 cm³/mol. The van der Waals surface area contributed by atoms with Crippen molar-refractivity contribution in [2.24, 2.45) is 0 Å². The zero-order valence-corrected chi connectivity index (χ0v) is 14.4. The summed E-state index contributed by atoms with van der Waals surface area (Å²) in [5, 5.41) is 9.46. The van der Waals surface area contributed by atoms with Gasteiger partial charge < -0.3 is 14.2 Å². The Labute approximate surface area is 153 Å². The van der Waals surface area contributed by atoms with Crippen LogP contribution in [0.2, 0.25) is 5.02 Å². The summed E-state index contributed by atoms with van der Waals surface area (Å²) >= 11 is 5.92. The fourth-order valence-corrected chi connectivity index (χ4v) is 3.11. The standard InChI is InChI=1S/C18H15ClFN5O/c19-14-6-17-16(7-15(14)20)23-18(25(17)3-4-26)13-5-12(8-22-9-13)10-24-2-1-21-11-24/h1-2,5-9,11,26H,3-4,10H2. The van der Waals surface area contributed by atoms with Crippen LogP contribution in [-0.4, -0.2) is 35.8 Å². The smallest absolute Gasteiger partial charge is 0.144 e. The summed E-state index contributed by atoms with van der Waals surface area (Å²) in [7, 11) is 0. The molecule has 0 spiro atoms. The predicted octanol–water partition coefficient (Wildman–Crippen LogP) is 3.13. The summed E-state index contributed by atoms with van der Waals surface area (Å²) in [6.07, 6.45) is 8.80. The first-order valence-electron chi connectivity index (χ1n) is 8.02. The summed E-state index contributed by atoms with van der Waals surface area (Å²) in [6, 6.07) is 4.80. The molecule has 132 valence electrons. The molecule has 6 nitrogen and oxygen atoms in total. The summed E-state index contributed by atoms with van der Waals surface area (Å²) in [5.74, 6) is 0.0852. The van der Waals surface area contributed by atoms with E-state index < -0.39 is 5.82 Å². The van der Waals surface area contributed by atoms with Gasteiger partial charge in [-0.1, -0.05) is 11.6 Å². The van der Waals surface area contributed by atoms with Gasteiger partial charge >= 0.3 is 0 Å². The van der Waals surface area contributed by atoms with Crippen molar-refractivity contribution < 1.29 is 9.50 Å². The average Bonchev–Trinajstić information content (AvgIpc) is 3.25. The van der Waals surface area contributed by atoms with Crippen LogP contribution in [0.4, 0.5) is 4.39 Å². The van der Waals surface area contributed by atoms with Crippen molar-refractivity contribution in [2.45, 2.75) is 13.1 Å². The van der Waals surface area contributed by atoms with Crippen LogP contribution < -0.4 is 0 Å². The molecule has 8 heteroatoms. The second-order valence-corrected chi connectivity index (χ2v) is 6.29. The van der Waals surface area contributed by atoms with E-state index in [0.717, 1.165) is 11.1 Å². The second-order valence-electron chi connectivity index (χ2n) is 5.88. The molecular weight excluding hydrogens is 357 g/mol. The highest BCUT2D eigenvalue weighted by Crippen LogP contribution is 2.28. The SMILES string of the molecule is OCCn1c(-c2cncc(Cn3ccnc3)c2)nc2cc(F)c(Cl)cc21. The molecule has 0 aliphatic heterocycles. The fraction of sp³-hybridized carbons (Fsp3) is 0.167. The molecule has 0 atom stereocenters. The normalized spacial score (nSPS) is 11.3. The number of pyridine rings is 1. The monoisotopic (exact) mass is 371 g/mol. The van der Waals surface area contributed by atoms with Gasteiger partial charge in [-0.2, -0.15) is 0 Å². The number of aliphatic hydroxyl groups is 1. The van der Waals surface area contributed by atoms with Gasteiger partial charge in [-0.25, -0.2) is 14.4 Å². The molecule has 1 N–H and O–H groups in total. The zero-order chi connectivity index (χ0) is 18.1. The molecule has 0 fully saturated rings. The Hall–Kier alpha value is -2.77. The molecule has 0 aliphatic carbocycles. The van der Waals surface area contributed by atoms with Gasteiger partial charge in [0.2, 0.25) is 0 Å². The van der Waals surface area contributed by atoms with E-state index in [0.29, 0.717) is 29.9 Å². The van der Waals surface area contributed by atoms with Crippen molar-refractivity contribution in [3.63, 3.8) is 0 Å². The molecule has 0 saturated heterocycles. The number of aliphatic hydroxyl groups excluding tert-OH is 1. The average molecular weight is 372 g/mol. The Morgan fingerprint density at radius 2 is 2.04 bits per heavy atom. The molecule has 0 aliphatic rings. The summed E-state index contributed by atoms with van der Waals surface area (Å²) in [5.41, 5.74) is 2.91. The number of hydrogen-bond donors (Lipinski definition) is 1. The molecule has 4 aromatic rings. The van der Waals surface area contributed by atoms with Crippen molar-refractivity contribution in [1.29, 1.82) is 0 Å². The van der Waals surface area contributed by atoms with Crippen molar-refractivity contribution in [3.8, 4) is 11.4 Å². The first-order chi connectivity index (χ1) is 12.7. The molecule has 26 heavy (non-hydrogen) atoms. The minimum atomic E-state index is -0.522. The van der Waals surface area contributed by atoms with Crippen LogP contribution in [0.15, 0.2) is 49.3 Å². The van der Waals surface area contributed by atoms with Gasteiger partial charge in [0, 0.05) is 43.0 Å². The van der Waals surface area contributed by atoms with Crippen LogP contribution in [0.5, 0.6) is 0 Å². The van der Waals surface area contributed by atoms with Gasteiger partial charge in [0.05, 0.1) is 35.5 Å². The maximum Gasteiger partial charge on any atom is 0.144 e. The highest BCUT2D eigenvalue weighted by atomic mass is 35.5. The van der Waals surface area contributed by atoms with Crippen molar-refractivity contribution in [2.75, 3.05) is 6.61 Å². The Bertz CT molecular complexity index is 1060. The Balaban J connectivity index is 1.81. The van der Waals surface area contributed by atoms with E-state index in [1.807, 2.05) is 21.4 Å². The number of imidazole rings is 2. The van der Waals surface area contributed by atoms with E-state index in [9.17, 15) is 9.50 Å². The first-order valence-corrected chi connectivity index (χ1v) is 8.39. The largest absolute Gasteiger partial charge is 0.395 e. The topological polar surface area (TPSA) is 68.8 Å². The zero-order valence-electron chi connectivity index (χ0n) is 13.7. The third kappa shape index (κ3) is 3.07. The van der Waals surface area contributed by atoms with E-state index in [1.54, 1.807) is 24.9 Å². The minimum Gasteiger partial charge on any atom is -0.395 e. The Kier molecular flexibility index (Phi) is 4.40. The number of halogens is 2. The number of fused-ring (bicyclic) bond motifs is 1. The summed E-state index contributed by atoms with van der Waals surface area (Å²) in [6.45, 7) is 0.872. The van der Waals surface area contributed by atoms with E-state index >= 15 is 0 Å². The van der Waals surface area contributed by atoms with Crippen LogP contribution in [0.25, 0.3) is 22.4 Å². The lowest BCUT2D eigenvalue weighted by Crippen LogP contribution is -2.05. The van der Waals surface area contributed by atoms with Crippen molar-refractivity contribution in [1.82, 2.24) is 24.1 Å². The molecule has 3 aromatic heterocycles. The number of benzene rings is 1. The van der Waals surface area contributed by atoms with Gasteiger partial charge in [-0.05, 0) is 17.7 Å². The van der Waals surface area contributed by atoms with Crippen LogP contribution in [-0.2, 0) is 13.1 Å². The van der Waals surface area contributed by atoms with E-state index in [2.05, 4.69) is 15.0 Å². The highest BCUT2D eigenvalue weighted by molar-refractivity contribution is 6.31. The molecule has 4 rings (SSSR count).